The first-order valence-corrected chi connectivity index (χ1v) is 5.78. The smallest absolute Gasteiger partial charge is 0.0931 e. The van der Waals surface area contributed by atoms with Crippen LogP contribution in [0.4, 0.5) is 0 Å². The molecule has 0 spiro atoms. The van der Waals surface area contributed by atoms with Crippen LogP contribution in [0.3, 0.4) is 0 Å². The molecule has 0 saturated heterocycles. The molecular weight excluding hydrogens is 211 g/mol. The molecule has 66 valence electrons. The third-order valence-corrected chi connectivity index (χ3v) is 4.16. The first-order chi connectivity index (χ1) is 5.75. The van der Waals surface area contributed by atoms with Crippen LogP contribution in [0, 0.1) is 0 Å². The van der Waals surface area contributed by atoms with E-state index >= 15 is 0 Å². The van der Waals surface area contributed by atoms with E-state index in [4.69, 9.17) is 23.2 Å². The highest BCUT2D eigenvalue weighted by Crippen LogP contribution is 2.40. The Morgan fingerprint density at radius 3 is 2.67 bits per heavy atom. The Kier molecular flexibility index (Phi) is 2.63. The van der Waals surface area contributed by atoms with E-state index < -0.39 is 0 Å². The predicted molar refractivity (Wildman–Crippen MR) is 55.6 cm³/mol. The van der Waals surface area contributed by atoms with Gasteiger partial charge in [0.1, 0.15) is 0 Å². The second-order valence-electron chi connectivity index (χ2n) is 3.25. The van der Waals surface area contributed by atoms with Crippen LogP contribution >= 0.6 is 34.5 Å². The maximum Gasteiger partial charge on any atom is 0.0931 e. The lowest BCUT2D eigenvalue weighted by atomic mass is 10.1. The van der Waals surface area contributed by atoms with Gasteiger partial charge in [-0.25, -0.2) is 0 Å². The van der Waals surface area contributed by atoms with Crippen LogP contribution in [0.1, 0.15) is 30.1 Å². The Labute approximate surface area is 86.5 Å². The normalized spacial score (nSPS) is 29.5. The van der Waals surface area contributed by atoms with E-state index in [1.807, 2.05) is 6.07 Å². The molecule has 0 bridgehead atoms. The molecule has 1 heterocycles. The summed E-state index contributed by atoms with van der Waals surface area (Å²) in [4.78, 5) is 1.41. The average Bonchev–Trinajstić information content (AvgIpc) is 2.58. The fourth-order valence-electron chi connectivity index (χ4n) is 1.73. The summed E-state index contributed by atoms with van der Waals surface area (Å²) in [5.74, 6) is 0.671. The molecule has 2 rings (SSSR count). The van der Waals surface area contributed by atoms with Gasteiger partial charge in [0, 0.05) is 10.3 Å². The van der Waals surface area contributed by atoms with Gasteiger partial charge in [0.15, 0.2) is 0 Å². The highest BCUT2D eigenvalue weighted by atomic mass is 35.5. The number of thiophene rings is 1. The average molecular weight is 221 g/mol. The quantitative estimate of drug-likeness (QED) is 0.621. The van der Waals surface area contributed by atoms with E-state index in [0.717, 1.165) is 17.2 Å². The van der Waals surface area contributed by atoms with Crippen molar-refractivity contribution < 1.29 is 0 Å². The number of hydrogen-bond donors (Lipinski definition) is 0. The molecule has 12 heavy (non-hydrogen) atoms. The van der Waals surface area contributed by atoms with Crippen LogP contribution in [0.5, 0.6) is 0 Å². The van der Waals surface area contributed by atoms with E-state index in [0.29, 0.717) is 11.3 Å². The molecule has 2 atom stereocenters. The summed E-state index contributed by atoms with van der Waals surface area (Å²) in [6, 6.07) is 4.11. The van der Waals surface area contributed by atoms with Crippen molar-refractivity contribution in [1.29, 1.82) is 0 Å². The molecule has 0 aromatic carbocycles. The predicted octanol–water partition coefficient (Wildman–Crippen LogP) is 4.28. The van der Waals surface area contributed by atoms with Gasteiger partial charge in [0.2, 0.25) is 0 Å². The number of hydrogen-bond acceptors (Lipinski definition) is 1. The van der Waals surface area contributed by atoms with Gasteiger partial charge in [-0.1, -0.05) is 11.6 Å². The van der Waals surface area contributed by atoms with Crippen LogP contribution in [-0.4, -0.2) is 5.38 Å². The Hall–Kier alpha value is 0.280. The van der Waals surface area contributed by atoms with Crippen molar-refractivity contribution in [3.8, 4) is 0 Å². The van der Waals surface area contributed by atoms with Gasteiger partial charge < -0.3 is 0 Å². The molecule has 0 radical (unpaired) electrons. The van der Waals surface area contributed by atoms with Crippen molar-refractivity contribution in [2.24, 2.45) is 0 Å². The minimum absolute atomic E-state index is 0.385. The molecule has 1 aromatic rings. The van der Waals surface area contributed by atoms with Crippen LogP contribution in [0.15, 0.2) is 12.1 Å². The lowest BCUT2D eigenvalue weighted by Gasteiger charge is -2.04. The van der Waals surface area contributed by atoms with Gasteiger partial charge in [0.05, 0.1) is 4.34 Å². The molecule has 0 nitrogen and oxygen atoms in total. The Morgan fingerprint density at radius 1 is 1.33 bits per heavy atom. The highest BCUT2D eigenvalue weighted by molar-refractivity contribution is 7.16. The zero-order valence-electron chi connectivity index (χ0n) is 6.59. The largest absolute Gasteiger partial charge is 0.128 e. The molecule has 0 amide bonds. The van der Waals surface area contributed by atoms with Crippen molar-refractivity contribution >= 4 is 34.5 Å². The number of alkyl halides is 1. The minimum atomic E-state index is 0.385. The summed E-state index contributed by atoms with van der Waals surface area (Å²) in [6.45, 7) is 0. The van der Waals surface area contributed by atoms with Gasteiger partial charge in [-0.3, -0.25) is 0 Å². The topological polar surface area (TPSA) is 0 Å². The van der Waals surface area contributed by atoms with Gasteiger partial charge in [-0.2, -0.15) is 0 Å². The van der Waals surface area contributed by atoms with E-state index in [-0.39, 0.29) is 0 Å². The lowest BCUT2D eigenvalue weighted by Crippen LogP contribution is -1.90. The number of rotatable bonds is 1. The Bertz CT molecular complexity index is 269. The van der Waals surface area contributed by atoms with Crippen molar-refractivity contribution in [1.82, 2.24) is 0 Å². The SMILES string of the molecule is Clc1ccc(C2CCC(Cl)C2)s1. The Balaban J connectivity index is 2.11. The molecule has 1 fully saturated rings. The monoisotopic (exact) mass is 220 g/mol. The highest BCUT2D eigenvalue weighted by Gasteiger charge is 2.25. The van der Waals surface area contributed by atoms with Crippen LogP contribution in [-0.2, 0) is 0 Å². The molecule has 0 N–H and O–H groups in total. The van der Waals surface area contributed by atoms with Crippen LogP contribution in [0.2, 0.25) is 4.34 Å². The van der Waals surface area contributed by atoms with Crippen molar-refractivity contribution in [2.45, 2.75) is 30.6 Å². The zero-order chi connectivity index (χ0) is 8.55. The molecule has 2 unspecified atom stereocenters. The summed E-state index contributed by atoms with van der Waals surface area (Å²) < 4.78 is 0.892. The first-order valence-electron chi connectivity index (χ1n) is 4.15. The molecule has 1 aliphatic carbocycles. The summed E-state index contributed by atoms with van der Waals surface area (Å²) in [6.07, 6.45) is 3.51. The summed E-state index contributed by atoms with van der Waals surface area (Å²) >= 11 is 13.6. The maximum absolute atomic E-state index is 6.04. The molecule has 1 aliphatic rings. The van der Waals surface area contributed by atoms with Gasteiger partial charge in [-0.15, -0.1) is 22.9 Å². The second-order valence-corrected chi connectivity index (χ2v) is 5.61. The second kappa shape index (κ2) is 3.57. The fraction of sp³-hybridized carbons (Fsp3) is 0.556. The van der Waals surface area contributed by atoms with Gasteiger partial charge in [0.25, 0.3) is 0 Å². The van der Waals surface area contributed by atoms with Crippen molar-refractivity contribution in [2.75, 3.05) is 0 Å². The van der Waals surface area contributed by atoms with Crippen molar-refractivity contribution in [3.63, 3.8) is 0 Å². The number of halogens is 2. The van der Waals surface area contributed by atoms with Gasteiger partial charge in [-0.05, 0) is 37.3 Å². The van der Waals surface area contributed by atoms with Gasteiger partial charge >= 0.3 is 0 Å². The maximum atomic E-state index is 6.04. The van der Waals surface area contributed by atoms with E-state index in [9.17, 15) is 0 Å². The Morgan fingerprint density at radius 2 is 2.17 bits per heavy atom. The molecule has 1 aromatic heterocycles. The third-order valence-electron chi connectivity index (χ3n) is 2.36. The third kappa shape index (κ3) is 1.78. The van der Waals surface area contributed by atoms with E-state index in [2.05, 4.69) is 6.07 Å². The first kappa shape index (κ1) is 8.86. The fourth-order valence-corrected chi connectivity index (χ4v) is 3.28. The lowest BCUT2D eigenvalue weighted by molar-refractivity contribution is 0.739. The molecule has 0 aliphatic heterocycles. The molecular formula is C9H10Cl2S. The van der Waals surface area contributed by atoms with Crippen molar-refractivity contribution in [3.05, 3.63) is 21.3 Å². The van der Waals surface area contributed by atoms with E-state index in [1.165, 1.54) is 11.3 Å². The molecule has 1 saturated carbocycles. The standard InChI is InChI=1S/C9H10Cl2S/c10-7-2-1-6(5-7)8-3-4-9(11)12-8/h3-4,6-7H,1-2,5H2. The van der Waals surface area contributed by atoms with Crippen LogP contribution in [0.25, 0.3) is 0 Å². The summed E-state index contributed by atoms with van der Waals surface area (Å²) in [7, 11) is 0. The summed E-state index contributed by atoms with van der Waals surface area (Å²) in [5.41, 5.74) is 0. The minimum Gasteiger partial charge on any atom is -0.128 e. The zero-order valence-corrected chi connectivity index (χ0v) is 8.92. The molecule has 3 heteroatoms. The van der Waals surface area contributed by atoms with Crippen LogP contribution < -0.4 is 0 Å². The van der Waals surface area contributed by atoms with E-state index in [1.54, 1.807) is 11.3 Å². The summed E-state index contributed by atoms with van der Waals surface area (Å²) in [5, 5.41) is 0.385.